The fourth-order valence-electron chi connectivity index (χ4n) is 2.47. The molecule has 0 aliphatic carbocycles. The Kier molecular flexibility index (Phi) is 3.96. The molecule has 120 valence electrons. The predicted octanol–water partition coefficient (Wildman–Crippen LogP) is -0.0916. The minimum atomic E-state index is -0.380. The molecular formula is C15H17N5O3. The summed E-state index contributed by atoms with van der Waals surface area (Å²) in [5, 5.41) is 9.26. The second-order valence-electron chi connectivity index (χ2n) is 5.63. The molecule has 8 heteroatoms. The van der Waals surface area contributed by atoms with Crippen molar-refractivity contribution >= 4 is 11.8 Å². The van der Waals surface area contributed by atoms with E-state index in [0.29, 0.717) is 31.0 Å². The largest absolute Gasteiger partial charge is 0.357 e. The Morgan fingerprint density at radius 2 is 2.22 bits per heavy atom. The number of rotatable bonds is 4. The quantitative estimate of drug-likeness (QED) is 0.732. The van der Waals surface area contributed by atoms with Crippen LogP contribution in [0.5, 0.6) is 0 Å². The van der Waals surface area contributed by atoms with Gasteiger partial charge in [-0.15, -0.1) is 0 Å². The van der Waals surface area contributed by atoms with Gasteiger partial charge >= 0.3 is 0 Å². The van der Waals surface area contributed by atoms with Gasteiger partial charge in [-0.25, -0.2) is 0 Å². The molecule has 1 saturated heterocycles. The first-order valence-electron chi connectivity index (χ1n) is 7.32. The molecule has 1 aliphatic rings. The van der Waals surface area contributed by atoms with Crippen molar-refractivity contribution < 1.29 is 9.59 Å². The van der Waals surface area contributed by atoms with Gasteiger partial charge in [0.1, 0.15) is 5.69 Å². The number of aromatic amines is 2. The number of hydrogen-bond acceptors (Lipinski definition) is 4. The topological polar surface area (TPSA) is 111 Å². The standard InChI is InChI=1S/C15H17N5O3/c1-9-5-12(21)13(19-18-9)15(23)20-7-10(8-20)6-17-14(22)11-3-2-4-16-11/h2-5,10,16H,6-8H2,1H3,(H,17,22)(H,18,21). The van der Waals surface area contributed by atoms with Gasteiger partial charge in [-0.05, 0) is 19.1 Å². The zero-order valence-corrected chi connectivity index (χ0v) is 12.6. The van der Waals surface area contributed by atoms with E-state index >= 15 is 0 Å². The van der Waals surface area contributed by atoms with Crippen molar-refractivity contribution in [2.45, 2.75) is 6.92 Å². The van der Waals surface area contributed by atoms with Crippen molar-refractivity contribution in [3.63, 3.8) is 0 Å². The summed E-state index contributed by atoms with van der Waals surface area (Å²) in [5.74, 6) is -0.364. The van der Waals surface area contributed by atoms with Crippen LogP contribution in [-0.4, -0.2) is 51.5 Å². The highest BCUT2D eigenvalue weighted by Crippen LogP contribution is 2.16. The van der Waals surface area contributed by atoms with Crippen LogP contribution in [0.3, 0.4) is 0 Å². The van der Waals surface area contributed by atoms with Gasteiger partial charge in [0.15, 0.2) is 5.69 Å². The number of amides is 2. The maximum Gasteiger partial charge on any atom is 0.278 e. The van der Waals surface area contributed by atoms with Crippen molar-refractivity contribution in [1.82, 2.24) is 25.4 Å². The average Bonchev–Trinajstić information content (AvgIpc) is 2.99. The van der Waals surface area contributed by atoms with Crippen LogP contribution < -0.4 is 10.7 Å². The lowest BCUT2D eigenvalue weighted by atomic mass is 9.99. The zero-order valence-electron chi connectivity index (χ0n) is 12.6. The van der Waals surface area contributed by atoms with Crippen LogP contribution in [0.1, 0.15) is 26.7 Å². The van der Waals surface area contributed by atoms with E-state index in [1.54, 1.807) is 30.2 Å². The van der Waals surface area contributed by atoms with Gasteiger partial charge in [-0.3, -0.25) is 19.5 Å². The van der Waals surface area contributed by atoms with Crippen LogP contribution in [0.2, 0.25) is 0 Å². The lowest BCUT2D eigenvalue weighted by Gasteiger charge is -2.38. The number of nitrogens with zero attached hydrogens (tertiary/aromatic N) is 2. The third-order valence-corrected chi connectivity index (χ3v) is 3.77. The van der Waals surface area contributed by atoms with E-state index in [-0.39, 0.29) is 28.9 Å². The molecule has 0 unspecified atom stereocenters. The van der Waals surface area contributed by atoms with Crippen LogP contribution in [0.25, 0.3) is 0 Å². The molecule has 3 rings (SSSR count). The highest BCUT2D eigenvalue weighted by Gasteiger charge is 2.33. The Balaban J connectivity index is 1.50. The molecule has 1 fully saturated rings. The lowest BCUT2D eigenvalue weighted by Crippen LogP contribution is -2.54. The molecule has 0 atom stereocenters. The van der Waals surface area contributed by atoms with Crippen molar-refractivity contribution in [2.75, 3.05) is 19.6 Å². The number of H-pyrrole nitrogens is 2. The Morgan fingerprint density at radius 1 is 1.43 bits per heavy atom. The van der Waals surface area contributed by atoms with E-state index in [2.05, 4.69) is 20.5 Å². The van der Waals surface area contributed by atoms with E-state index < -0.39 is 0 Å². The first-order chi connectivity index (χ1) is 11.0. The van der Waals surface area contributed by atoms with Crippen LogP contribution in [0.4, 0.5) is 0 Å². The molecule has 0 aromatic carbocycles. The molecule has 0 saturated carbocycles. The summed E-state index contributed by atoms with van der Waals surface area (Å²) >= 11 is 0. The SMILES string of the molecule is Cc1cc(=O)c(C(=O)N2CC(CNC(=O)c3ccc[nH]3)C2)n[nH]1. The number of nitrogens with one attached hydrogen (secondary N) is 3. The summed E-state index contributed by atoms with van der Waals surface area (Å²) in [6.45, 7) is 3.19. The van der Waals surface area contributed by atoms with Gasteiger partial charge in [-0.2, -0.15) is 5.10 Å². The van der Waals surface area contributed by atoms with Gasteiger partial charge in [0.2, 0.25) is 5.43 Å². The molecule has 2 amide bonds. The predicted molar refractivity (Wildman–Crippen MR) is 82.1 cm³/mol. The fourth-order valence-corrected chi connectivity index (χ4v) is 2.47. The van der Waals surface area contributed by atoms with Gasteiger partial charge in [-0.1, -0.05) is 0 Å². The number of likely N-dealkylation sites (tertiary alicyclic amines) is 1. The van der Waals surface area contributed by atoms with Crippen molar-refractivity contribution in [2.24, 2.45) is 5.92 Å². The maximum atomic E-state index is 12.2. The maximum absolute atomic E-state index is 12.2. The molecule has 1 aliphatic heterocycles. The highest BCUT2D eigenvalue weighted by atomic mass is 16.2. The molecule has 23 heavy (non-hydrogen) atoms. The van der Waals surface area contributed by atoms with E-state index in [4.69, 9.17) is 0 Å². The monoisotopic (exact) mass is 315 g/mol. The molecule has 2 aromatic heterocycles. The number of aryl methyl sites for hydroxylation is 1. The van der Waals surface area contributed by atoms with Crippen LogP contribution in [-0.2, 0) is 0 Å². The number of carbonyl (C=O) groups excluding carboxylic acids is 2. The molecular weight excluding hydrogens is 298 g/mol. The van der Waals surface area contributed by atoms with Crippen LogP contribution in [0, 0.1) is 12.8 Å². The molecule has 3 heterocycles. The van der Waals surface area contributed by atoms with Crippen molar-refractivity contribution in [3.8, 4) is 0 Å². The fraction of sp³-hybridized carbons (Fsp3) is 0.333. The van der Waals surface area contributed by atoms with Gasteiger partial charge in [0, 0.05) is 43.5 Å². The normalized spacial score (nSPS) is 14.4. The third-order valence-electron chi connectivity index (χ3n) is 3.77. The van der Waals surface area contributed by atoms with Crippen LogP contribution >= 0.6 is 0 Å². The van der Waals surface area contributed by atoms with Crippen molar-refractivity contribution in [1.29, 1.82) is 0 Å². The third kappa shape index (κ3) is 3.15. The number of hydrogen-bond donors (Lipinski definition) is 3. The summed E-state index contributed by atoms with van der Waals surface area (Å²) in [5.41, 5.74) is 0.645. The van der Waals surface area contributed by atoms with Crippen molar-refractivity contribution in [3.05, 3.63) is 51.7 Å². The second-order valence-corrected chi connectivity index (χ2v) is 5.63. The summed E-state index contributed by atoms with van der Waals surface area (Å²) < 4.78 is 0. The summed E-state index contributed by atoms with van der Waals surface area (Å²) in [6.07, 6.45) is 1.69. The highest BCUT2D eigenvalue weighted by molar-refractivity contribution is 5.93. The molecule has 0 spiro atoms. The second kappa shape index (κ2) is 6.07. The van der Waals surface area contributed by atoms with Gasteiger partial charge in [0.25, 0.3) is 11.8 Å². The first kappa shape index (κ1) is 15.0. The van der Waals surface area contributed by atoms with E-state index in [9.17, 15) is 14.4 Å². The number of carbonyl (C=O) groups is 2. The zero-order chi connectivity index (χ0) is 16.4. The van der Waals surface area contributed by atoms with E-state index in [1.807, 2.05) is 0 Å². The Labute approximate surface area is 131 Å². The van der Waals surface area contributed by atoms with Gasteiger partial charge in [0.05, 0.1) is 0 Å². The smallest absolute Gasteiger partial charge is 0.278 e. The van der Waals surface area contributed by atoms with Crippen LogP contribution in [0.15, 0.2) is 29.2 Å². The van der Waals surface area contributed by atoms with E-state index in [1.165, 1.54) is 6.07 Å². The van der Waals surface area contributed by atoms with E-state index in [0.717, 1.165) is 0 Å². The molecule has 8 nitrogen and oxygen atoms in total. The Morgan fingerprint density at radius 3 is 2.87 bits per heavy atom. The Bertz CT molecular complexity index is 775. The molecule has 2 aromatic rings. The molecule has 3 N–H and O–H groups in total. The molecule has 0 bridgehead atoms. The minimum Gasteiger partial charge on any atom is -0.357 e. The summed E-state index contributed by atoms with van der Waals surface area (Å²) in [4.78, 5) is 40.1. The Hall–Kier alpha value is -2.90. The average molecular weight is 315 g/mol. The summed E-state index contributed by atoms with van der Waals surface area (Å²) in [7, 11) is 0. The van der Waals surface area contributed by atoms with Gasteiger partial charge < -0.3 is 15.2 Å². The first-order valence-corrected chi connectivity index (χ1v) is 7.32. The minimum absolute atomic E-state index is 0.0931. The lowest BCUT2D eigenvalue weighted by molar-refractivity contribution is 0.0489. The number of aromatic nitrogens is 3. The summed E-state index contributed by atoms with van der Waals surface area (Å²) in [6, 6.07) is 4.81. The molecule has 0 radical (unpaired) electrons.